The van der Waals surface area contributed by atoms with E-state index in [0.717, 1.165) is 19.3 Å². The number of nitrogens with zero attached hydrogens (tertiary/aromatic N) is 6. The van der Waals surface area contributed by atoms with Gasteiger partial charge in [-0.15, -0.1) is 0 Å². The predicted octanol–water partition coefficient (Wildman–Crippen LogP) is 6.67. The van der Waals surface area contributed by atoms with Crippen LogP contribution in [0.1, 0.15) is 127 Å². The van der Waals surface area contributed by atoms with Crippen molar-refractivity contribution in [2.75, 3.05) is 39.2 Å². The molecule has 0 bridgehead atoms. The fraction of sp³-hybridized carbons (Fsp3) is 0.675. The number of fused-ring (bicyclic) bond motifs is 1. The molecule has 57 heavy (non-hydrogen) atoms. The number of phosphoric ester groups is 1. The Kier molecular flexibility index (Phi) is 19.8. The summed E-state index contributed by atoms with van der Waals surface area (Å²) in [5, 5.41) is 35.5. The van der Waals surface area contributed by atoms with E-state index in [0.29, 0.717) is 23.6 Å². The molecule has 3 aromatic heterocycles. The number of aliphatic hydroxyl groups is 2. The summed E-state index contributed by atoms with van der Waals surface area (Å²) in [6, 6.07) is 8.26. The monoisotopic (exact) mass is 815 g/mol. The highest BCUT2D eigenvalue weighted by molar-refractivity contribution is 7.47. The number of aliphatic imine (C=N–C) groups is 1. The third-order valence-electron chi connectivity index (χ3n) is 10.1. The largest absolute Gasteiger partial charge is 0.484 e. The number of hydrogen-bond acceptors (Lipinski definition) is 14. The zero-order chi connectivity index (χ0) is 40.9. The van der Waals surface area contributed by atoms with E-state index in [-0.39, 0.29) is 18.1 Å². The Morgan fingerprint density at radius 3 is 2.21 bits per heavy atom. The van der Waals surface area contributed by atoms with Crippen LogP contribution in [0.25, 0.3) is 5.52 Å². The van der Waals surface area contributed by atoms with E-state index >= 15 is 0 Å². The van der Waals surface area contributed by atoms with Crippen LogP contribution in [0.4, 0.5) is 5.82 Å². The first-order valence-electron chi connectivity index (χ1n) is 20.4. The second kappa shape index (κ2) is 24.4. The van der Waals surface area contributed by atoms with Gasteiger partial charge in [-0.2, -0.15) is 10.4 Å². The molecule has 1 saturated heterocycles. The van der Waals surface area contributed by atoms with Crippen LogP contribution >= 0.6 is 7.82 Å². The third-order valence-corrected chi connectivity index (χ3v) is 11.0. The van der Waals surface area contributed by atoms with Gasteiger partial charge >= 0.3 is 7.82 Å². The first-order valence-corrected chi connectivity index (χ1v) is 21.9. The van der Waals surface area contributed by atoms with Crippen LogP contribution in [-0.2, 0) is 23.1 Å². The van der Waals surface area contributed by atoms with Gasteiger partial charge in [-0.05, 0) is 30.7 Å². The van der Waals surface area contributed by atoms with Crippen molar-refractivity contribution >= 4 is 25.4 Å². The van der Waals surface area contributed by atoms with E-state index in [2.05, 4.69) is 27.0 Å². The highest BCUT2D eigenvalue weighted by Gasteiger charge is 2.55. The summed E-state index contributed by atoms with van der Waals surface area (Å²) in [5.74, 6) is 0.517. The molecule has 0 spiro atoms. The quantitative estimate of drug-likeness (QED) is 0.0326. The first-order chi connectivity index (χ1) is 27.6. The van der Waals surface area contributed by atoms with Crippen molar-refractivity contribution in [3.05, 3.63) is 48.2 Å². The Morgan fingerprint density at radius 1 is 0.965 bits per heavy atom. The summed E-state index contributed by atoms with van der Waals surface area (Å²) < 4.78 is 43.3. The molecule has 4 heterocycles. The molecule has 4 rings (SSSR count). The molecule has 0 amide bonds. The number of nitriles is 1. The highest BCUT2D eigenvalue weighted by atomic mass is 31.2. The van der Waals surface area contributed by atoms with Crippen LogP contribution in [0, 0.1) is 11.3 Å². The van der Waals surface area contributed by atoms with Crippen molar-refractivity contribution in [1.29, 1.82) is 5.26 Å². The Labute approximate surface area is 336 Å². The lowest BCUT2D eigenvalue weighted by molar-refractivity contribution is -0.0644. The van der Waals surface area contributed by atoms with Gasteiger partial charge in [0, 0.05) is 19.9 Å². The summed E-state index contributed by atoms with van der Waals surface area (Å²) in [6.07, 6.45) is 19.1. The molecular formula is C40H62N7O9P. The minimum absolute atomic E-state index is 0.0419. The second-order valence-electron chi connectivity index (χ2n) is 14.7. The number of nitrogens with two attached hydrogens (primary N) is 1. The first kappa shape index (κ1) is 46.2. The molecule has 0 aliphatic carbocycles. The number of anilines is 1. The van der Waals surface area contributed by atoms with E-state index in [4.69, 9.17) is 34.3 Å². The number of hydrogen-bond donors (Lipinski definition) is 4. The van der Waals surface area contributed by atoms with Crippen LogP contribution < -0.4 is 10.5 Å². The summed E-state index contributed by atoms with van der Waals surface area (Å²) in [5.41, 5.74) is 5.15. The van der Waals surface area contributed by atoms with Gasteiger partial charge in [0.15, 0.2) is 11.4 Å². The van der Waals surface area contributed by atoms with Crippen molar-refractivity contribution in [2.24, 2.45) is 4.99 Å². The fourth-order valence-corrected chi connectivity index (χ4v) is 7.72. The smallest absolute Gasteiger partial charge is 0.472 e. The Hall–Kier alpha value is -3.52. The number of rotatable bonds is 29. The van der Waals surface area contributed by atoms with Gasteiger partial charge in [0.1, 0.15) is 53.8 Å². The lowest BCUT2D eigenvalue weighted by Gasteiger charge is -2.28. The predicted molar refractivity (Wildman–Crippen MR) is 216 cm³/mol. The molecule has 16 nitrogen and oxygen atoms in total. The molecule has 316 valence electrons. The SMILES string of the molecule is CCCCCCCCCCCCCCCCCCOC[C@@H](COP(=O)(O)OC[C@@]1(/C=N\C)O[C@@H](c2ccc3c(N)ncnn23)[C@H](O)[C@@H]1O)Oc1ccc(C#N)nc1. The van der Waals surface area contributed by atoms with Gasteiger partial charge in [0.2, 0.25) is 0 Å². The van der Waals surface area contributed by atoms with Gasteiger partial charge in [-0.25, -0.2) is 19.0 Å². The maximum atomic E-state index is 13.2. The van der Waals surface area contributed by atoms with Crippen molar-refractivity contribution in [3.63, 3.8) is 0 Å². The Morgan fingerprint density at radius 2 is 1.61 bits per heavy atom. The number of aliphatic hydroxyl groups excluding tert-OH is 2. The van der Waals surface area contributed by atoms with Crippen LogP contribution in [0.2, 0.25) is 0 Å². The minimum Gasteiger partial charge on any atom is -0.484 e. The number of ether oxygens (including phenoxy) is 3. The van der Waals surface area contributed by atoms with E-state index in [1.165, 1.54) is 120 Å². The van der Waals surface area contributed by atoms with Gasteiger partial charge in [0.05, 0.1) is 31.7 Å². The number of unbranched alkanes of at least 4 members (excludes halogenated alkanes) is 15. The lowest BCUT2D eigenvalue weighted by Crippen LogP contribution is -2.48. The van der Waals surface area contributed by atoms with Crippen LogP contribution in [0.3, 0.4) is 0 Å². The van der Waals surface area contributed by atoms with Crippen LogP contribution in [-0.4, -0.2) is 98.3 Å². The van der Waals surface area contributed by atoms with E-state index in [1.807, 2.05) is 6.07 Å². The topological polar surface area (TPSA) is 229 Å². The van der Waals surface area contributed by atoms with E-state index in [1.54, 1.807) is 18.2 Å². The Bertz CT molecular complexity index is 1720. The maximum Gasteiger partial charge on any atom is 0.472 e. The Balaban J connectivity index is 1.21. The maximum absolute atomic E-state index is 13.2. The highest BCUT2D eigenvalue weighted by Crippen LogP contribution is 2.47. The van der Waals surface area contributed by atoms with Crippen molar-refractivity contribution in [3.8, 4) is 11.8 Å². The molecule has 0 radical (unpaired) electrons. The lowest BCUT2D eigenvalue weighted by atomic mass is 9.96. The average Bonchev–Trinajstić information content (AvgIpc) is 3.75. The summed E-state index contributed by atoms with van der Waals surface area (Å²) in [4.78, 5) is 22.7. The number of pyridine rings is 1. The van der Waals surface area contributed by atoms with Gasteiger partial charge < -0.3 is 35.1 Å². The number of phosphoric acid groups is 1. The fourth-order valence-electron chi connectivity index (χ4n) is 6.93. The second-order valence-corrected chi connectivity index (χ2v) is 16.1. The molecular weight excluding hydrogens is 753 g/mol. The molecule has 1 aliphatic heterocycles. The van der Waals surface area contributed by atoms with Crippen LogP contribution in [0.15, 0.2) is 41.8 Å². The molecule has 17 heteroatoms. The molecule has 1 fully saturated rings. The van der Waals surface area contributed by atoms with E-state index < -0.39 is 51.1 Å². The normalized spacial score (nSPS) is 21.2. The zero-order valence-electron chi connectivity index (χ0n) is 33.5. The van der Waals surface area contributed by atoms with Gasteiger partial charge in [-0.1, -0.05) is 103 Å². The molecule has 1 unspecified atom stereocenters. The van der Waals surface area contributed by atoms with Gasteiger partial charge in [-0.3, -0.25) is 14.0 Å². The van der Waals surface area contributed by atoms with Crippen molar-refractivity contribution in [2.45, 2.75) is 140 Å². The van der Waals surface area contributed by atoms with Gasteiger partial charge in [0.25, 0.3) is 0 Å². The summed E-state index contributed by atoms with van der Waals surface area (Å²) in [7, 11) is -3.38. The third kappa shape index (κ3) is 14.7. The molecule has 3 aromatic rings. The number of aromatic nitrogens is 4. The van der Waals surface area contributed by atoms with Crippen molar-refractivity contribution < 1.29 is 42.9 Å². The molecule has 6 atom stereocenters. The summed E-state index contributed by atoms with van der Waals surface area (Å²) in [6.45, 7) is 1.67. The minimum atomic E-state index is -4.80. The molecule has 1 aliphatic rings. The number of nitrogen functional groups attached to an aromatic ring is 1. The van der Waals surface area contributed by atoms with Crippen LogP contribution in [0.5, 0.6) is 5.75 Å². The zero-order valence-corrected chi connectivity index (χ0v) is 34.4. The van der Waals surface area contributed by atoms with E-state index in [9.17, 15) is 19.7 Å². The average molecular weight is 816 g/mol. The standard InChI is InChI=1S/C40H62N7O9P/c1-3-4-5-6-7-8-9-10-11-12-13-14-15-16-17-18-23-52-26-33(55-32-20-19-31(24-41)44-25-32)27-53-57(50,51)54-29-40(28-43-2)38(49)36(48)37(56-40)34-21-22-35-39(42)45-30-46-47(34)35/h19-22,25,28,30,33,36-38,48-49H,3-18,23,26-27,29H2,1-2H3,(H,50,51)(H2,42,45,46)/b43-28-/t33-,36-,37-,38-,40+/m0/s1. The molecule has 0 saturated carbocycles. The summed E-state index contributed by atoms with van der Waals surface area (Å²) >= 11 is 0. The van der Waals surface area contributed by atoms with Crippen molar-refractivity contribution in [1.82, 2.24) is 19.6 Å². The molecule has 0 aromatic carbocycles. The molecule has 5 N–H and O–H groups in total.